The van der Waals surface area contributed by atoms with Gasteiger partial charge in [-0.2, -0.15) is 0 Å². The molecule has 0 saturated carbocycles. The maximum absolute atomic E-state index is 13.5. The molecule has 1 N–H and O–H groups in total. The third-order valence-electron chi connectivity index (χ3n) is 5.79. The number of benzene rings is 1. The van der Waals surface area contributed by atoms with E-state index in [2.05, 4.69) is 17.1 Å². The highest BCUT2D eigenvalue weighted by atomic mass is 16.5. The van der Waals surface area contributed by atoms with Crippen molar-refractivity contribution in [3.63, 3.8) is 0 Å². The summed E-state index contributed by atoms with van der Waals surface area (Å²) in [5, 5.41) is 14.2. The van der Waals surface area contributed by atoms with E-state index in [1.807, 2.05) is 47.4 Å². The molecule has 0 aliphatic carbocycles. The second-order valence-corrected chi connectivity index (χ2v) is 8.52. The van der Waals surface area contributed by atoms with Gasteiger partial charge in [0.15, 0.2) is 0 Å². The van der Waals surface area contributed by atoms with E-state index in [1.54, 1.807) is 26.1 Å². The van der Waals surface area contributed by atoms with Crippen molar-refractivity contribution in [1.82, 2.24) is 15.0 Å². The topological polar surface area (TPSA) is 79.5 Å². The number of amides is 1. The minimum absolute atomic E-state index is 0.0265. The number of aliphatic hydroxyl groups is 1. The van der Waals surface area contributed by atoms with Gasteiger partial charge in [0, 0.05) is 36.3 Å². The van der Waals surface area contributed by atoms with Crippen LogP contribution in [0.4, 0.5) is 0 Å². The lowest BCUT2D eigenvalue weighted by Crippen LogP contribution is -2.45. The molecule has 1 aliphatic heterocycles. The summed E-state index contributed by atoms with van der Waals surface area (Å²) in [7, 11) is 0. The highest BCUT2D eigenvalue weighted by Crippen LogP contribution is 2.34. The van der Waals surface area contributed by atoms with Crippen LogP contribution in [0.3, 0.4) is 0 Å². The van der Waals surface area contributed by atoms with Crippen molar-refractivity contribution >= 4 is 5.91 Å². The molecule has 0 radical (unpaired) electrons. The zero-order valence-electron chi connectivity index (χ0n) is 17.6. The van der Waals surface area contributed by atoms with Gasteiger partial charge in [0.1, 0.15) is 17.1 Å². The maximum atomic E-state index is 13.5. The first-order chi connectivity index (χ1) is 14.3. The van der Waals surface area contributed by atoms with Crippen LogP contribution in [0.5, 0.6) is 0 Å². The molecule has 6 heteroatoms. The van der Waals surface area contributed by atoms with E-state index in [0.29, 0.717) is 29.3 Å². The Labute approximate surface area is 176 Å². The van der Waals surface area contributed by atoms with E-state index in [1.165, 1.54) is 0 Å². The van der Waals surface area contributed by atoms with E-state index < -0.39 is 5.60 Å². The van der Waals surface area contributed by atoms with Crippen LogP contribution in [0.2, 0.25) is 0 Å². The zero-order valence-corrected chi connectivity index (χ0v) is 17.6. The number of hydrogen-bond acceptors (Lipinski definition) is 5. The molecule has 3 aromatic rings. The third-order valence-corrected chi connectivity index (χ3v) is 5.79. The van der Waals surface area contributed by atoms with Crippen LogP contribution >= 0.6 is 0 Å². The fourth-order valence-electron chi connectivity index (χ4n) is 3.95. The molecule has 0 unspecified atom stereocenters. The summed E-state index contributed by atoms with van der Waals surface area (Å²) < 4.78 is 5.53. The molecule has 4 rings (SSSR count). The van der Waals surface area contributed by atoms with Crippen molar-refractivity contribution in [2.75, 3.05) is 6.54 Å². The molecule has 2 atom stereocenters. The number of pyridine rings is 1. The standard InChI is InChI=1S/C24H27N3O3/c1-16-11-12-18(20-14-21(26-30-20)24(2,3)29)15-27(16)23(28)19-10-7-13-25-22(19)17-8-5-4-6-9-17/h4-10,13-14,16,18,29H,11-12,15H2,1-3H3/t16-,18-/m1/s1. The van der Waals surface area contributed by atoms with Crippen LogP contribution in [0, 0.1) is 0 Å². The Morgan fingerprint density at radius 1 is 1.17 bits per heavy atom. The van der Waals surface area contributed by atoms with Crippen molar-refractivity contribution in [3.05, 3.63) is 71.7 Å². The quantitative estimate of drug-likeness (QED) is 0.697. The Bertz CT molecular complexity index is 1020. The van der Waals surface area contributed by atoms with E-state index >= 15 is 0 Å². The SMILES string of the molecule is C[C@@H]1CC[C@@H](c2cc(C(C)(C)O)no2)CN1C(=O)c1cccnc1-c1ccccc1. The number of nitrogens with zero attached hydrogens (tertiary/aromatic N) is 3. The molecule has 1 aliphatic rings. The Hall–Kier alpha value is -2.99. The zero-order chi connectivity index (χ0) is 21.3. The molecule has 0 spiro atoms. The van der Waals surface area contributed by atoms with Crippen molar-refractivity contribution < 1.29 is 14.4 Å². The Morgan fingerprint density at radius 2 is 1.93 bits per heavy atom. The lowest BCUT2D eigenvalue weighted by Gasteiger charge is -2.37. The fourth-order valence-corrected chi connectivity index (χ4v) is 3.95. The summed E-state index contributed by atoms with van der Waals surface area (Å²) in [6, 6.07) is 15.3. The summed E-state index contributed by atoms with van der Waals surface area (Å²) in [4.78, 5) is 19.9. The predicted molar refractivity (Wildman–Crippen MR) is 114 cm³/mol. The molecule has 3 heterocycles. The van der Waals surface area contributed by atoms with E-state index in [4.69, 9.17) is 4.52 Å². The molecule has 1 saturated heterocycles. The highest BCUT2D eigenvalue weighted by Gasteiger charge is 2.34. The number of piperidine rings is 1. The van der Waals surface area contributed by atoms with Gasteiger partial charge in [0.25, 0.3) is 5.91 Å². The Morgan fingerprint density at radius 3 is 2.63 bits per heavy atom. The van der Waals surface area contributed by atoms with Crippen LogP contribution < -0.4 is 0 Å². The molecule has 30 heavy (non-hydrogen) atoms. The maximum Gasteiger partial charge on any atom is 0.256 e. The summed E-state index contributed by atoms with van der Waals surface area (Å²) in [5.41, 5.74) is 1.67. The van der Waals surface area contributed by atoms with Gasteiger partial charge in [0.2, 0.25) is 0 Å². The summed E-state index contributed by atoms with van der Waals surface area (Å²) >= 11 is 0. The number of aromatic nitrogens is 2. The second kappa shape index (κ2) is 8.03. The van der Waals surface area contributed by atoms with Crippen molar-refractivity contribution in [3.8, 4) is 11.3 Å². The number of rotatable bonds is 4. The molecule has 156 valence electrons. The van der Waals surface area contributed by atoms with Gasteiger partial charge in [-0.3, -0.25) is 9.78 Å². The first kappa shape index (κ1) is 20.3. The average Bonchev–Trinajstić information content (AvgIpc) is 3.25. The van der Waals surface area contributed by atoms with Crippen LogP contribution in [0.1, 0.15) is 61.3 Å². The van der Waals surface area contributed by atoms with E-state index in [-0.39, 0.29) is 17.9 Å². The van der Waals surface area contributed by atoms with E-state index in [0.717, 1.165) is 18.4 Å². The molecule has 0 bridgehead atoms. The molecule has 1 amide bonds. The van der Waals surface area contributed by atoms with Gasteiger partial charge >= 0.3 is 0 Å². The number of carbonyl (C=O) groups excluding carboxylic acids is 1. The largest absolute Gasteiger partial charge is 0.384 e. The number of likely N-dealkylation sites (tertiary alicyclic amines) is 1. The van der Waals surface area contributed by atoms with Crippen LogP contribution in [0.15, 0.2) is 59.3 Å². The van der Waals surface area contributed by atoms with Gasteiger partial charge < -0.3 is 14.5 Å². The van der Waals surface area contributed by atoms with Crippen LogP contribution in [-0.2, 0) is 5.60 Å². The highest BCUT2D eigenvalue weighted by molar-refractivity contribution is 6.00. The van der Waals surface area contributed by atoms with Crippen molar-refractivity contribution in [2.24, 2.45) is 0 Å². The second-order valence-electron chi connectivity index (χ2n) is 8.52. The molecule has 1 fully saturated rings. The Balaban J connectivity index is 1.61. The lowest BCUT2D eigenvalue weighted by molar-refractivity contribution is 0.0596. The lowest BCUT2D eigenvalue weighted by atomic mass is 9.90. The van der Waals surface area contributed by atoms with Gasteiger partial charge in [-0.15, -0.1) is 0 Å². The van der Waals surface area contributed by atoms with Crippen LogP contribution in [0.25, 0.3) is 11.3 Å². The smallest absolute Gasteiger partial charge is 0.256 e. The van der Waals surface area contributed by atoms with Gasteiger partial charge in [0.05, 0.1) is 11.3 Å². The molecular weight excluding hydrogens is 378 g/mol. The summed E-state index contributed by atoms with van der Waals surface area (Å²) in [6.45, 7) is 5.99. The molecule has 2 aromatic heterocycles. The first-order valence-corrected chi connectivity index (χ1v) is 10.4. The molecule has 6 nitrogen and oxygen atoms in total. The van der Waals surface area contributed by atoms with Gasteiger partial charge in [-0.25, -0.2) is 0 Å². The first-order valence-electron chi connectivity index (χ1n) is 10.4. The normalized spacial score (nSPS) is 19.7. The number of carbonyl (C=O) groups is 1. The van der Waals surface area contributed by atoms with Crippen molar-refractivity contribution in [1.29, 1.82) is 0 Å². The summed E-state index contributed by atoms with van der Waals surface area (Å²) in [5.74, 6) is 0.735. The molecular formula is C24H27N3O3. The van der Waals surface area contributed by atoms with Crippen LogP contribution in [-0.4, -0.2) is 38.6 Å². The average molecular weight is 405 g/mol. The van der Waals surface area contributed by atoms with Gasteiger partial charge in [-0.05, 0) is 45.7 Å². The number of hydrogen-bond donors (Lipinski definition) is 1. The van der Waals surface area contributed by atoms with Crippen molar-refractivity contribution in [2.45, 2.75) is 51.2 Å². The summed E-state index contributed by atoms with van der Waals surface area (Å²) in [6.07, 6.45) is 3.49. The third kappa shape index (κ3) is 4.00. The van der Waals surface area contributed by atoms with Gasteiger partial charge in [-0.1, -0.05) is 35.5 Å². The minimum atomic E-state index is -1.06. The Kier molecular flexibility index (Phi) is 5.43. The van der Waals surface area contributed by atoms with E-state index in [9.17, 15) is 9.90 Å². The molecule has 1 aromatic carbocycles. The monoisotopic (exact) mass is 405 g/mol. The fraction of sp³-hybridized carbons (Fsp3) is 0.375. The predicted octanol–water partition coefficient (Wildman–Crippen LogP) is 4.37. The minimum Gasteiger partial charge on any atom is -0.384 e.